The van der Waals surface area contributed by atoms with E-state index in [0.29, 0.717) is 29.5 Å². The zero-order valence-corrected chi connectivity index (χ0v) is 21.7. The number of methoxy groups -OCH3 is 2. The molecule has 1 aromatic heterocycles. The summed E-state index contributed by atoms with van der Waals surface area (Å²) in [5.74, 6) is 0.870. The summed E-state index contributed by atoms with van der Waals surface area (Å²) in [7, 11) is 3.00. The smallest absolute Gasteiger partial charge is 0.308 e. The van der Waals surface area contributed by atoms with Crippen molar-refractivity contribution in [1.82, 2.24) is 10.3 Å². The quantitative estimate of drug-likeness (QED) is 0.510. The molecule has 2 aromatic rings. The highest BCUT2D eigenvalue weighted by Crippen LogP contribution is 2.35. The van der Waals surface area contributed by atoms with E-state index in [2.05, 4.69) is 16.4 Å². The van der Waals surface area contributed by atoms with Crippen LogP contribution in [0.5, 0.6) is 11.5 Å². The maximum absolute atomic E-state index is 12.8. The lowest BCUT2D eigenvalue weighted by Gasteiger charge is -2.29. The summed E-state index contributed by atoms with van der Waals surface area (Å²) in [4.78, 5) is 28.9. The highest BCUT2D eigenvalue weighted by atomic mass is 16.5. The Hall–Kier alpha value is -3.60. The number of aromatic nitrogens is 1. The van der Waals surface area contributed by atoms with Gasteiger partial charge in [0, 0.05) is 23.4 Å². The van der Waals surface area contributed by atoms with Gasteiger partial charge in [0.2, 0.25) is 0 Å². The molecule has 0 saturated heterocycles. The minimum Gasteiger partial charge on any atom is -0.495 e. The molecule has 1 amide bonds. The van der Waals surface area contributed by atoms with Gasteiger partial charge in [-0.1, -0.05) is 6.92 Å². The lowest BCUT2D eigenvalue weighted by molar-refractivity contribution is -0.146. The molecule has 1 aromatic carbocycles. The first-order chi connectivity index (χ1) is 17.2. The molecule has 36 heavy (non-hydrogen) atoms. The molecule has 3 rings (SSSR count). The van der Waals surface area contributed by atoms with Crippen molar-refractivity contribution < 1.29 is 23.8 Å². The number of nitriles is 1. The van der Waals surface area contributed by atoms with Crippen LogP contribution in [0.4, 0.5) is 0 Å². The molecule has 0 radical (unpaired) electrons. The van der Waals surface area contributed by atoms with E-state index in [4.69, 9.17) is 14.2 Å². The van der Waals surface area contributed by atoms with Gasteiger partial charge >= 0.3 is 5.97 Å². The molecule has 1 saturated carbocycles. The lowest BCUT2D eigenvalue weighted by Crippen LogP contribution is -2.32. The minimum atomic E-state index is -0.809. The molecule has 0 atom stereocenters. The molecule has 1 heterocycles. The molecule has 0 spiro atoms. The average Bonchev–Trinajstić information content (AvgIpc) is 2.91. The first kappa shape index (κ1) is 27.0. The van der Waals surface area contributed by atoms with Gasteiger partial charge in [-0.15, -0.1) is 0 Å². The van der Waals surface area contributed by atoms with Crippen molar-refractivity contribution in [2.75, 3.05) is 20.8 Å². The topological polar surface area (TPSA) is 111 Å². The monoisotopic (exact) mass is 493 g/mol. The predicted molar refractivity (Wildman–Crippen MR) is 135 cm³/mol. The highest BCUT2D eigenvalue weighted by Gasteiger charge is 2.29. The van der Waals surface area contributed by atoms with Gasteiger partial charge in [-0.25, -0.2) is 0 Å². The van der Waals surface area contributed by atoms with Gasteiger partial charge in [-0.2, -0.15) is 5.26 Å². The molecule has 1 fully saturated rings. The molecule has 192 valence electrons. The van der Waals surface area contributed by atoms with Crippen LogP contribution in [0.15, 0.2) is 30.5 Å². The normalized spacial score (nSPS) is 17.6. The van der Waals surface area contributed by atoms with Crippen molar-refractivity contribution in [1.29, 1.82) is 5.26 Å². The third kappa shape index (κ3) is 6.34. The average molecular weight is 494 g/mol. The van der Waals surface area contributed by atoms with E-state index < -0.39 is 5.60 Å². The van der Waals surface area contributed by atoms with E-state index in [0.717, 1.165) is 43.4 Å². The summed E-state index contributed by atoms with van der Waals surface area (Å²) in [6, 6.07) is 8.97. The standard InChI is InChI=1S/C28H35N3O5/c1-6-22-14-23(25(34-4)17-30-22)28(2,3)36-24-12-11-20(13-21(24)15-29)26(32)31-16-18-7-9-19(10-8-18)27(33)35-5/h11-14,17-19H,6-10,16H2,1-5H3,(H,31,32)/t18-,19-. The molecule has 8 heteroatoms. The fourth-order valence-corrected chi connectivity index (χ4v) is 4.60. The molecule has 1 aliphatic carbocycles. The largest absolute Gasteiger partial charge is 0.495 e. The first-order valence-electron chi connectivity index (χ1n) is 12.3. The van der Waals surface area contributed by atoms with Crippen molar-refractivity contribution in [3.05, 3.63) is 52.8 Å². The van der Waals surface area contributed by atoms with Crippen LogP contribution < -0.4 is 14.8 Å². The van der Waals surface area contributed by atoms with Gasteiger partial charge in [0.15, 0.2) is 0 Å². The summed E-state index contributed by atoms with van der Waals surface area (Å²) >= 11 is 0. The first-order valence-corrected chi connectivity index (χ1v) is 12.3. The van der Waals surface area contributed by atoms with Crippen molar-refractivity contribution in [3.8, 4) is 17.6 Å². The maximum Gasteiger partial charge on any atom is 0.308 e. The van der Waals surface area contributed by atoms with Gasteiger partial charge in [-0.3, -0.25) is 14.6 Å². The number of benzene rings is 1. The Bertz CT molecular complexity index is 1130. The molecular formula is C28H35N3O5. The number of nitrogens with one attached hydrogen (secondary N) is 1. The summed E-state index contributed by atoms with van der Waals surface area (Å²) in [6.07, 6.45) is 5.73. The molecule has 0 aliphatic heterocycles. The van der Waals surface area contributed by atoms with E-state index >= 15 is 0 Å². The zero-order valence-electron chi connectivity index (χ0n) is 21.7. The van der Waals surface area contributed by atoms with Crippen molar-refractivity contribution in [2.45, 2.75) is 58.5 Å². The Morgan fingerprint density at radius 3 is 2.47 bits per heavy atom. The fraction of sp³-hybridized carbons (Fsp3) is 0.500. The van der Waals surface area contributed by atoms with Crippen molar-refractivity contribution >= 4 is 11.9 Å². The number of carbonyl (C=O) groups excluding carboxylic acids is 2. The Morgan fingerprint density at radius 2 is 1.86 bits per heavy atom. The molecule has 8 nitrogen and oxygen atoms in total. The highest BCUT2D eigenvalue weighted by molar-refractivity contribution is 5.94. The SMILES string of the molecule is CCc1cc(C(C)(C)Oc2ccc(C(=O)NC[C@H]3CC[C@H](C(=O)OC)CC3)cc2C#N)c(OC)cn1. The van der Waals surface area contributed by atoms with Crippen LogP contribution in [-0.4, -0.2) is 37.6 Å². The Kier molecular flexibility index (Phi) is 8.92. The van der Waals surface area contributed by atoms with Crippen LogP contribution in [0.2, 0.25) is 0 Å². The number of aryl methyl sites for hydroxylation is 1. The molecule has 0 unspecified atom stereocenters. The number of pyridine rings is 1. The lowest BCUT2D eigenvalue weighted by atomic mass is 9.82. The second-order valence-electron chi connectivity index (χ2n) is 9.62. The van der Waals surface area contributed by atoms with E-state index in [9.17, 15) is 14.9 Å². The minimum absolute atomic E-state index is 0.0439. The van der Waals surface area contributed by atoms with E-state index in [1.54, 1.807) is 31.5 Å². The van der Waals surface area contributed by atoms with Gasteiger partial charge in [0.25, 0.3) is 5.91 Å². The Morgan fingerprint density at radius 1 is 1.14 bits per heavy atom. The summed E-state index contributed by atoms with van der Waals surface area (Å²) in [6.45, 7) is 6.36. The zero-order chi connectivity index (χ0) is 26.3. The fourth-order valence-electron chi connectivity index (χ4n) is 4.60. The molecular weight excluding hydrogens is 458 g/mol. The van der Waals surface area contributed by atoms with Gasteiger partial charge < -0.3 is 19.5 Å². The number of rotatable bonds is 9. The van der Waals surface area contributed by atoms with E-state index in [1.165, 1.54) is 7.11 Å². The summed E-state index contributed by atoms with van der Waals surface area (Å²) < 4.78 is 16.6. The van der Waals surface area contributed by atoms with Crippen LogP contribution in [0.3, 0.4) is 0 Å². The molecule has 1 N–H and O–H groups in total. The van der Waals surface area contributed by atoms with Crippen molar-refractivity contribution in [2.24, 2.45) is 11.8 Å². The molecule has 0 bridgehead atoms. The van der Waals surface area contributed by atoms with Gasteiger partial charge in [0.1, 0.15) is 23.2 Å². The van der Waals surface area contributed by atoms with Crippen LogP contribution in [0, 0.1) is 23.2 Å². The maximum atomic E-state index is 12.8. The third-order valence-electron chi connectivity index (χ3n) is 6.81. The number of hydrogen-bond donors (Lipinski definition) is 1. The number of hydrogen-bond acceptors (Lipinski definition) is 7. The van der Waals surface area contributed by atoms with Gasteiger partial charge in [0.05, 0.1) is 31.9 Å². The van der Waals surface area contributed by atoms with Gasteiger partial charge in [-0.05, 0) is 76.1 Å². The predicted octanol–water partition coefficient (Wildman–Crippen LogP) is 4.55. The van der Waals surface area contributed by atoms with Crippen LogP contribution >= 0.6 is 0 Å². The second-order valence-corrected chi connectivity index (χ2v) is 9.62. The van der Waals surface area contributed by atoms with Crippen molar-refractivity contribution in [3.63, 3.8) is 0 Å². The third-order valence-corrected chi connectivity index (χ3v) is 6.81. The van der Waals surface area contributed by atoms with Crippen LogP contribution in [0.25, 0.3) is 0 Å². The number of nitrogens with zero attached hydrogens (tertiary/aromatic N) is 2. The van der Waals surface area contributed by atoms with Crippen LogP contribution in [0.1, 0.15) is 73.6 Å². The molecule has 1 aliphatic rings. The number of ether oxygens (including phenoxy) is 3. The number of amides is 1. The second kappa shape index (κ2) is 11.9. The Labute approximate surface area is 213 Å². The van der Waals surface area contributed by atoms with E-state index in [-0.39, 0.29) is 23.4 Å². The van der Waals surface area contributed by atoms with E-state index in [1.807, 2.05) is 26.8 Å². The summed E-state index contributed by atoms with van der Waals surface area (Å²) in [5.41, 5.74) is 1.60. The number of carbonyl (C=O) groups is 2. The number of esters is 1. The Balaban J connectivity index is 1.67. The summed E-state index contributed by atoms with van der Waals surface area (Å²) in [5, 5.41) is 12.7. The van der Waals surface area contributed by atoms with Crippen LogP contribution in [-0.2, 0) is 21.6 Å².